The number of aryl methyl sites for hydroxylation is 1. The Morgan fingerprint density at radius 1 is 1.75 bits per heavy atom. The number of nitrogen functional groups attached to an aromatic ring is 1. The maximum Gasteiger partial charge on any atom is 0.265 e. The number of aromatic nitrogens is 1. The van der Waals surface area contributed by atoms with Crippen molar-refractivity contribution in [3.63, 3.8) is 0 Å². The van der Waals surface area contributed by atoms with Gasteiger partial charge in [0.2, 0.25) is 0 Å². The van der Waals surface area contributed by atoms with Crippen LogP contribution < -0.4 is 11.3 Å². The lowest BCUT2D eigenvalue weighted by molar-refractivity contribution is 0.0952. The molecule has 3 N–H and O–H groups in total. The van der Waals surface area contributed by atoms with Gasteiger partial charge >= 0.3 is 0 Å². The summed E-state index contributed by atoms with van der Waals surface area (Å²) in [7, 11) is 0. The second-order valence-corrected chi connectivity index (χ2v) is 2.36. The van der Waals surface area contributed by atoms with E-state index in [4.69, 9.17) is 5.84 Å². The van der Waals surface area contributed by atoms with E-state index in [-0.39, 0.29) is 5.91 Å². The van der Waals surface area contributed by atoms with Crippen molar-refractivity contribution in [2.24, 2.45) is 5.84 Å². The molecule has 1 aromatic rings. The second-order valence-electron chi connectivity index (χ2n) is 2.36. The minimum Gasteiger partial charge on any atom is -0.290 e. The zero-order chi connectivity index (χ0) is 8.97. The Bertz CT molecular complexity index is 285. The number of hydrogen-bond acceptors (Lipinski definition) is 3. The van der Waals surface area contributed by atoms with Crippen molar-refractivity contribution in [3.8, 4) is 0 Å². The molecule has 0 atom stereocenters. The number of nitrogens with zero attached hydrogens (tertiary/aromatic N) is 1. The van der Waals surface area contributed by atoms with Crippen LogP contribution in [0.25, 0.3) is 0 Å². The fourth-order valence-electron chi connectivity index (χ4n) is 1.01. The van der Waals surface area contributed by atoms with Crippen molar-refractivity contribution >= 4 is 5.91 Å². The fraction of sp³-hybridized carbons (Fsp3) is 0.250. The van der Waals surface area contributed by atoms with Gasteiger partial charge in [0.05, 0.1) is 0 Å². The third-order valence-electron chi connectivity index (χ3n) is 1.66. The standard InChI is InChI=1S/C8H11N3O/c1-2-6-5-10-4-3-7(6)8(12)11-9/h3-5H,2,9H2,1H3,(H,11,12). The summed E-state index contributed by atoms with van der Waals surface area (Å²) in [5.41, 5.74) is 3.59. The first-order valence-corrected chi connectivity index (χ1v) is 3.73. The molecule has 1 rings (SSSR count). The Labute approximate surface area is 70.8 Å². The topological polar surface area (TPSA) is 68.0 Å². The molecule has 1 heterocycles. The lowest BCUT2D eigenvalue weighted by Gasteiger charge is -2.03. The normalized spacial score (nSPS) is 9.50. The van der Waals surface area contributed by atoms with Crippen LogP contribution >= 0.6 is 0 Å². The number of nitrogens with two attached hydrogens (primary N) is 1. The Morgan fingerprint density at radius 2 is 2.50 bits per heavy atom. The van der Waals surface area contributed by atoms with E-state index < -0.39 is 0 Å². The maximum absolute atomic E-state index is 11.1. The van der Waals surface area contributed by atoms with Gasteiger partial charge < -0.3 is 0 Å². The molecule has 0 saturated heterocycles. The minimum atomic E-state index is -0.269. The van der Waals surface area contributed by atoms with E-state index in [1.54, 1.807) is 18.5 Å². The van der Waals surface area contributed by atoms with E-state index >= 15 is 0 Å². The Kier molecular flexibility index (Phi) is 2.76. The summed E-state index contributed by atoms with van der Waals surface area (Å²) < 4.78 is 0. The summed E-state index contributed by atoms with van der Waals surface area (Å²) in [6.45, 7) is 1.96. The molecule has 1 amide bonds. The van der Waals surface area contributed by atoms with Crippen molar-refractivity contribution < 1.29 is 4.79 Å². The van der Waals surface area contributed by atoms with E-state index in [0.29, 0.717) is 5.56 Å². The second kappa shape index (κ2) is 3.82. The van der Waals surface area contributed by atoms with Crippen molar-refractivity contribution in [3.05, 3.63) is 29.6 Å². The summed E-state index contributed by atoms with van der Waals surface area (Å²) in [5, 5.41) is 0. The zero-order valence-corrected chi connectivity index (χ0v) is 6.87. The summed E-state index contributed by atoms with van der Waals surface area (Å²) in [6.07, 6.45) is 4.02. The van der Waals surface area contributed by atoms with Crippen molar-refractivity contribution in [2.45, 2.75) is 13.3 Å². The molecule has 0 radical (unpaired) electrons. The molecular weight excluding hydrogens is 154 g/mol. The van der Waals surface area contributed by atoms with Crippen molar-refractivity contribution in [1.82, 2.24) is 10.4 Å². The fourth-order valence-corrected chi connectivity index (χ4v) is 1.01. The van der Waals surface area contributed by atoms with Crippen LogP contribution in [0.15, 0.2) is 18.5 Å². The highest BCUT2D eigenvalue weighted by Gasteiger charge is 2.07. The number of carbonyl (C=O) groups excluding carboxylic acids is 1. The number of rotatable bonds is 2. The molecule has 0 aliphatic heterocycles. The molecule has 0 fully saturated rings. The highest BCUT2D eigenvalue weighted by atomic mass is 16.2. The van der Waals surface area contributed by atoms with Crippen LogP contribution in [-0.2, 0) is 6.42 Å². The van der Waals surface area contributed by atoms with Gasteiger partial charge in [-0.25, -0.2) is 5.84 Å². The van der Waals surface area contributed by atoms with Gasteiger partial charge in [-0.1, -0.05) is 6.92 Å². The summed E-state index contributed by atoms with van der Waals surface area (Å²) in [6, 6.07) is 1.65. The first kappa shape index (κ1) is 8.67. The van der Waals surface area contributed by atoms with Gasteiger partial charge in [0.25, 0.3) is 5.91 Å². The van der Waals surface area contributed by atoms with E-state index in [2.05, 4.69) is 10.4 Å². The minimum absolute atomic E-state index is 0.269. The third kappa shape index (κ3) is 1.60. The first-order chi connectivity index (χ1) is 5.79. The summed E-state index contributed by atoms with van der Waals surface area (Å²) in [5.74, 6) is 4.74. The van der Waals surface area contributed by atoms with Crippen molar-refractivity contribution in [1.29, 1.82) is 0 Å². The lowest BCUT2D eigenvalue weighted by atomic mass is 10.1. The highest BCUT2D eigenvalue weighted by Crippen LogP contribution is 2.06. The molecule has 0 bridgehead atoms. The molecule has 4 heteroatoms. The Hall–Kier alpha value is -1.42. The monoisotopic (exact) mass is 165 g/mol. The molecule has 0 aliphatic rings. The van der Waals surface area contributed by atoms with Crippen LogP contribution in [0, 0.1) is 0 Å². The van der Waals surface area contributed by atoms with Gasteiger partial charge in [0.1, 0.15) is 0 Å². The Balaban J connectivity index is 3.04. The molecule has 0 spiro atoms. The third-order valence-corrected chi connectivity index (χ3v) is 1.66. The molecular formula is C8H11N3O. The van der Waals surface area contributed by atoms with E-state index in [1.165, 1.54) is 0 Å². The first-order valence-electron chi connectivity index (χ1n) is 3.73. The summed E-state index contributed by atoms with van der Waals surface area (Å²) >= 11 is 0. The van der Waals surface area contributed by atoms with Crippen LogP contribution in [-0.4, -0.2) is 10.9 Å². The molecule has 0 aliphatic carbocycles. The smallest absolute Gasteiger partial charge is 0.265 e. The van der Waals surface area contributed by atoms with Crippen molar-refractivity contribution in [2.75, 3.05) is 0 Å². The predicted molar refractivity (Wildman–Crippen MR) is 45.3 cm³/mol. The van der Waals surface area contributed by atoms with Gasteiger partial charge in [-0.05, 0) is 18.1 Å². The largest absolute Gasteiger partial charge is 0.290 e. The van der Waals surface area contributed by atoms with Gasteiger partial charge in [-0.3, -0.25) is 15.2 Å². The van der Waals surface area contributed by atoms with Gasteiger partial charge in [-0.2, -0.15) is 0 Å². The summed E-state index contributed by atoms with van der Waals surface area (Å²) in [4.78, 5) is 15.0. The number of carbonyl (C=O) groups is 1. The Morgan fingerprint density at radius 3 is 3.08 bits per heavy atom. The molecule has 0 aromatic carbocycles. The molecule has 0 saturated carbocycles. The van der Waals surface area contributed by atoms with Crippen LogP contribution in [0.1, 0.15) is 22.8 Å². The van der Waals surface area contributed by atoms with Crippen LogP contribution in [0.4, 0.5) is 0 Å². The maximum atomic E-state index is 11.1. The number of nitrogens with one attached hydrogen (secondary N) is 1. The van der Waals surface area contributed by atoms with Crippen LogP contribution in [0.2, 0.25) is 0 Å². The molecule has 64 valence electrons. The average molecular weight is 165 g/mol. The molecule has 4 nitrogen and oxygen atoms in total. The SMILES string of the molecule is CCc1cnccc1C(=O)NN. The highest BCUT2D eigenvalue weighted by molar-refractivity contribution is 5.95. The van der Waals surface area contributed by atoms with E-state index in [9.17, 15) is 4.79 Å². The lowest BCUT2D eigenvalue weighted by Crippen LogP contribution is -2.30. The predicted octanol–water partition coefficient (Wildman–Crippen LogP) is 0.247. The zero-order valence-electron chi connectivity index (χ0n) is 6.87. The number of pyridine rings is 1. The average Bonchev–Trinajstić information content (AvgIpc) is 2.16. The molecule has 12 heavy (non-hydrogen) atoms. The quantitative estimate of drug-likeness (QED) is 0.375. The van der Waals surface area contributed by atoms with E-state index in [0.717, 1.165) is 12.0 Å². The number of hydrazine groups is 1. The molecule has 1 aromatic heterocycles. The van der Waals surface area contributed by atoms with Gasteiger partial charge in [-0.15, -0.1) is 0 Å². The van der Waals surface area contributed by atoms with Crippen LogP contribution in [0.3, 0.4) is 0 Å². The molecule has 0 unspecified atom stereocenters. The van der Waals surface area contributed by atoms with Gasteiger partial charge in [0.15, 0.2) is 0 Å². The number of hydrogen-bond donors (Lipinski definition) is 2. The van der Waals surface area contributed by atoms with Crippen LogP contribution in [0.5, 0.6) is 0 Å². The van der Waals surface area contributed by atoms with Gasteiger partial charge in [0, 0.05) is 18.0 Å². The number of amides is 1. The van der Waals surface area contributed by atoms with E-state index in [1.807, 2.05) is 6.92 Å².